The molecule has 0 saturated heterocycles. The number of nitrogens with one attached hydrogen (secondary N) is 2. The Morgan fingerprint density at radius 3 is 2.41 bits per heavy atom. The van der Waals surface area contributed by atoms with E-state index >= 15 is 0 Å². The standard InChI is InChI=1S/C22H27BrN2O4/c1-5-15(4)17-8-6-7-9-19(17)28-13-21(26)24-25-22(27)16-10-11-20(18(23)12-16)29-14(2)3/h6-12,14-15H,5,13H2,1-4H3,(H,24,26)(H,25,27). The van der Waals surface area contributed by atoms with E-state index < -0.39 is 11.8 Å². The first kappa shape index (κ1) is 22.7. The first-order chi connectivity index (χ1) is 13.8. The molecule has 0 heterocycles. The van der Waals surface area contributed by atoms with E-state index in [0.717, 1.165) is 12.0 Å². The Kier molecular flexibility index (Phi) is 8.51. The van der Waals surface area contributed by atoms with Crippen LogP contribution >= 0.6 is 15.9 Å². The second kappa shape index (κ2) is 10.9. The van der Waals surface area contributed by atoms with E-state index in [2.05, 4.69) is 40.6 Å². The third-order valence-electron chi connectivity index (χ3n) is 4.29. The predicted octanol–water partition coefficient (Wildman–Crippen LogP) is 4.59. The molecule has 2 amide bonds. The molecular formula is C22H27BrN2O4. The average molecular weight is 463 g/mol. The Bertz CT molecular complexity index is 854. The zero-order valence-electron chi connectivity index (χ0n) is 17.1. The fourth-order valence-corrected chi connectivity index (χ4v) is 3.08. The van der Waals surface area contributed by atoms with Crippen molar-refractivity contribution in [2.45, 2.75) is 46.1 Å². The van der Waals surface area contributed by atoms with E-state index in [1.54, 1.807) is 18.2 Å². The summed E-state index contributed by atoms with van der Waals surface area (Å²) in [5.41, 5.74) is 6.20. The zero-order valence-corrected chi connectivity index (χ0v) is 18.7. The van der Waals surface area contributed by atoms with Gasteiger partial charge < -0.3 is 9.47 Å². The minimum absolute atomic E-state index is 0.0238. The molecule has 0 bridgehead atoms. The van der Waals surface area contributed by atoms with Crippen molar-refractivity contribution in [2.75, 3.05) is 6.61 Å². The molecule has 29 heavy (non-hydrogen) atoms. The van der Waals surface area contributed by atoms with Crippen LogP contribution in [0.25, 0.3) is 0 Å². The maximum Gasteiger partial charge on any atom is 0.276 e. The molecule has 0 aliphatic rings. The number of amides is 2. The molecule has 2 N–H and O–H groups in total. The summed E-state index contributed by atoms with van der Waals surface area (Å²) in [4.78, 5) is 24.3. The van der Waals surface area contributed by atoms with E-state index in [-0.39, 0.29) is 12.7 Å². The summed E-state index contributed by atoms with van der Waals surface area (Å²) in [6, 6.07) is 12.6. The quantitative estimate of drug-likeness (QED) is 0.562. The summed E-state index contributed by atoms with van der Waals surface area (Å²) in [6.07, 6.45) is 0.995. The molecule has 6 nitrogen and oxygen atoms in total. The number of hydrazine groups is 1. The summed E-state index contributed by atoms with van der Waals surface area (Å²) in [6.45, 7) is 7.86. The fourth-order valence-electron chi connectivity index (χ4n) is 2.61. The molecule has 2 rings (SSSR count). The molecule has 0 saturated carbocycles. The lowest BCUT2D eigenvalue weighted by molar-refractivity contribution is -0.123. The smallest absolute Gasteiger partial charge is 0.276 e. The third kappa shape index (κ3) is 6.78. The van der Waals surface area contributed by atoms with Crippen LogP contribution in [0.3, 0.4) is 0 Å². The molecular weight excluding hydrogens is 436 g/mol. The van der Waals surface area contributed by atoms with Crippen molar-refractivity contribution in [3.8, 4) is 11.5 Å². The lowest BCUT2D eigenvalue weighted by atomic mass is 9.98. The summed E-state index contributed by atoms with van der Waals surface area (Å²) in [5.74, 6) is 0.767. The van der Waals surface area contributed by atoms with Crippen LogP contribution in [0.15, 0.2) is 46.9 Å². The number of carbonyl (C=O) groups is 2. The van der Waals surface area contributed by atoms with Crippen molar-refractivity contribution in [3.05, 3.63) is 58.1 Å². The van der Waals surface area contributed by atoms with Crippen molar-refractivity contribution in [3.63, 3.8) is 0 Å². The lowest BCUT2D eigenvalue weighted by Gasteiger charge is -2.15. The zero-order chi connectivity index (χ0) is 21.4. The largest absolute Gasteiger partial charge is 0.490 e. The Hall–Kier alpha value is -2.54. The van der Waals surface area contributed by atoms with Gasteiger partial charge in [0.1, 0.15) is 11.5 Å². The highest BCUT2D eigenvalue weighted by molar-refractivity contribution is 9.10. The summed E-state index contributed by atoms with van der Waals surface area (Å²) < 4.78 is 11.9. The monoisotopic (exact) mass is 462 g/mol. The maximum atomic E-state index is 12.3. The van der Waals surface area contributed by atoms with Gasteiger partial charge in [0, 0.05) is 5.56 Å². The highest BCUT2D eigenvalue weighted by atomic mass is 79.9. The number of rotatable bonds is 8. The van der Waals surface area contributed by atoms with Crippen LogP contribution in [0.5, 0.6) is 11.5 Å². The van der Waals surface area contributed by atoms with Crippen molar-refractivity contribution >= 4 is 27.7 Å². The topological polar surface area (TPSA) is 76.7 Å². The molecule has 7 heteroatoms. The number of halogens is 1. The highest BCUT2D eigenvalue weighted by Gasteiger charge is 2.13. The number of benzene rings is 2. The van der Waals surface area contributed by atoms with Crippen molar-refractivity contribution in [2.24, 2.45) is 0 Å². The van der Waals surface area contributed by atoms with Crippen molar-refractivity contribution in [1.82, 2.24) is 10.9 Å². The molecule has 1 atom stereocenters. The highest BCUT2D eigenvalue weighted by Crippen LogP contribution is 2.28. The minimum Gasteiger partial charge on any atom is -0.490 e. The molecule has 0 aliphatic carbocycles. The number of hydrogen-bond donors (Lipinski definition) is 2. The average Bonchev–Trinajstić information content (AvgIpc) is 2.71. The minimum atomic E-state index is -0.448. The van der Waals surface area contributed by atoms with E-state index in [9.17, 15) is 9.59 Å². The second-order valence-electron chi connectivity index (χ2n) is 6.95. The van der Waals surface area contributed by atoms with Gasteiger partial charge in [0.15, 0.2) is 6.61 Å². The number of hydrogen-bond acceptors (Lipinski definition) is 4. The molecule has 2 aromatic rings. The van der Waals surface area contributed by atoms with E-state index in [0.29, 0.717) is 27.5 Å². The van der Waals surface area contributed by atoms with Crippen LogP contribution < -0.4 is 20.3 Å². The van der Waals surface area contributed by atoms with Gasteiger partial charge in [-0.1, -0.05) is 32.0 Å². The molecule has 0 radical (unpaired) electrons. The maximum absolute atomic E-state index is 12.3. The number of ether oxygens (including phenoxy) is 2. The molecule has 0 aliphatic heterocycles. The molecule has 1 unspecified atom stereocenters. The lowest BCUT2D eigenvalue weighted by Crippen LogP contribution is -2.43. The Morgan fingerprint density at radius 2 is 1.76 bits per heavy atom. The van der Waals surface area contributed by atoms with Crippen LogP contribution in [0.4, 0.5) is 0 Å². The van der Waals surface area contributed by atoms with Gasteiger partial charge in [0.05, 0.1) is 10.6 Å². The second-order valence-corrected chi connectivity index (χ2v) is 7.80. The Labute approximate surface area is 180 Å². The van der Waals surface area contributed by atoms with Crippen LogP contribution in [0.1, 0.15) is 56.0 Å². The van der Waals surface area contributed by atoms with Crippen LogP contribution in [-0.2, 0) is 4.79 Å². The Morgan fingerprint density at radius 1 is 1.03 bits per heavy atom. The van der Waals surface area contributed by atoms with Gasteiger partial charge in [-0.05, 0) is 71.9 Å². The van der Waals surface area contributed by atoms with E-state index in [1.165, 1.54) is 0 Å². The van der Waals surface area contributed by atoms with Gasteiger partial charge in [0.25, 0.3) is 11.8 Å². The SMILES string of the molecule is CCC(C)c1ccccc1OCC(=O)NNC(=O)c1ccc(OC(C)C)c(Br)c1. The van der Waals surface area contributed by atoms with Gasteiger partial charge in [-0.2, -0.15) is 0 Å². The number of para-hydroxylation sites is 1. The van der Waals surface area contributed by atoms with Gasteiger partial charge in [-0.15, -0.1) is 0 Å². The number of carbonyl (C=O) groups excluding carboxylic acids is 2. The molecule has 0 fully saturated rings. The fraction of sp³-hybridized carbons (Fsp3) is 0.364. The van der Waals surface area contributed by atoms with Crippen molar-refractivity contribution < 1.29 is 19.1 Å². The molecule has 0 aromatic heterocycles. The molecule has 0 spiro atoms. The van der Waals surface area contributed by atoms with Gasteiger partial charge in [-0.25, -0.2) is 0 Å². The van der Waals surface area contributed by atoms with Crippen LogP contribution in [-0.4, -0.2) is 24.5 Å². The summed E-state index contributed by atoms with van der Waals surface area (Å²) >= 11 is 3.39. The van der Waals surface area contributed by atoms with E-state index in [1.807, 2.05) is 38.1 Å². The van der Waals surface area contributed by atoms with Gasteiger partial charge in [-0.3, -0.25) is 20.4 Å². The Balaban J connectivity index is 1.88. The first-order valence-corrected chi connectivity index (χ1v) is 10.4. The van der Waals surface area contributed by atoms with Gasteiger partial charge in [0.2, 0.25) is 0 Å². The normalized spacial score (nSPS) is 11.7. The molecule has 2 aromatic carbocycles. The third-order valence-corrected chi connectivity index (χ3v) is 4.91. The van der Waals surface area contributed by atoms with Crippen LogP contribution in [0, 0.1) is 0 Å². The van der Waals surface area contributed by atoms with E-state index in [4.69, 9.17) is 9.47 Å². The first-order valence-electron chi connectivity index (χ1n) is 9.58. The van der Waals surface area contributed by atoms with Crippen molar-refractivity contribution in [1.29, 1.82) is 0 Å². The van der Waals surface area contributed by atoms with Crippen LogP contribution in [0.2, 0.25) is 0 Å². The summed E-state index contributed by atoms with van der Waals surface area (Å²) in [7, 11) is 0. The molecule has 156 valence electrons. The van der Waals surface area contributed by atoms with Gasteiger partial charge >= 0.3 is 0 Å². The predicted molar refractivity (Wildman–Crippen MR) is 116 cm³/mol. The summed E-state index contributed by atoms with van der Waals surface area (Å²) in [5, 5.41) is 0.